The van der Waals surface area contributed by atoms with E-state index in [0.29, 0.717) is 23.6 Å². The maximum absolute atomic E-state index is 12.2. The summed E-state index contributed by atoms with van der Waals surface area (Å²) in [6.45, 7) is 0. The van der Waals surface area contributed by atoms with Gasteiger partial charge < -0.3 is 10.1 Å². The molecule has 3 rings (SSSR count). The fraction of sp³-hybridized carbons (Fsp3) is 0.150. The number of hydrogen-bond donors (Lipinski definition) is 1. The van der Waals surface area contributed by atoms with Gasteiger partial charge in [0.15, 0.2) is 5.78 Å². The molecular weight excluding hydrogens is 348 g/mol. The highest BCUT2D eigenvalue weighted by atomic mass is 32.1. The minimum absolute atomic E-state index is 0.00484. The van der Waals surface area contributed by atoms with E-state index in [9.17, 15) is 9.59 Å². The molecule has 1 amide bonds. The Balaban J connectivity index is 1.56. The van der Waals surface area contributed by atoms with Gasteiger partial charge in [0.25, 0.3) is 0 Å². The number of Topliss-reactive ketones (excluding diaryl/α,β-unsaturated/α-hetero) is 1. The van der Waals surface area contributed by atoms with Crippen molar-refractivity contribution in [2.45, 2.75) is 12.8 Å². The van der Waals surface area contributed by atoms with Crippen LogP contribution in [0.2, 0.25) is 0 Å². The van der Waals surface area contributed by atoms with E-state index < -0.39 is 0 Å². The second-order valence-corrected chi connectivity index (χ2v) is 6.47. The van der Waals surface area contributed by atoms with Gasteiger partial charge in [-0.3, -0.25) is 9.59 Å². The van der Waals surface area contributed by atoms with Crippen LogP contribution < -0.4 is 10.1 Å². The average Bonchev–Trinajstić information content (AvgIpc) is 3.18. The number of ether oxygens (including phenoxy) is 1. The van der Waals surface area contributed by atoms with E-state index in [1.54, 1.807) is 24.1 Å². The number of rotatable bonds is 7. The molecule has 1 aromatic heterocycles. The molecule has 0 spiro atoms. The smallest absolute Gasteiger partial charge is 0.228 e. The number of aromatic nitrogens is 1. The van der Waals surface area contributed by atoms with Crippen LogP contribution in [0.3, 0.4) is 0 Å². The van der Waals surface area contributed by atoms with Gasteiger partial charge in [-0.1, -0.05) is 30.3 Å². The molecule has 0 unspecified atom stereocenters. The molecule has 26 heavy (non-hydrogen) atoms. The summed E-state index contributed by atoms with van der Waals surface area (Å²) in [7, 11) is 1.58. The van der Waals surface area contributed by atoms with Crippen molar-refractivity contribution in [3.05, 3.63) is 76.2 Å². The Hall–Kier alpha value is -2.99. The van der Waals surface area contributed by atoms with Gasteiger partial charge in [-0.05, 0) is 23.3 Å². The molecule has 0 aliphatic rings. The van der Waals surface area contributed by atoms with Crippen LogP contribution in [-0.4, -0.2) is 23.8 Å². The van der Waals surface area contributed by atoms with Crippen LogP contribution in [0.4, 0.5) is 5.69 Å². The third-order valence-electron chi connectivity index (χ3n) is 3.82. The third kappa shape index (κ3) is 4.77. The van der Waals surface area contributed by atoms with Gasteiger partial charge in [0.05, 0.1) is 19.0 Å². The first-order valence-electron chi connectivity index (χ1n) is 8.07. The number of carbonyl (C=O) groups excluding carboxylic acids is 2. The lowest BCUT2D eigenvalue weighted by molar-refractivity contribution is -0.115. The van der Waals surface area contributed by atoms with Gasteiger partial charge in [-0.2, -0.15) is 0 Å². The van der Waals surface area contributed by atoms with Crippen LogP contribution in [0, 0.1) is 0 Å². The van der Waals surface area contributed by atoms with Crippen LogP contribution in [0.5, 0.6) is 5.75 Å². The topological polar surface area (TPSA) is 68.3 Å². The number of ketones is 1. The van der Waals surface area contributed by atoms with E-state index in [1.807, 2.05) is 42.5 Å². The molecule has 1 heterocycles. The largest absolute Gasteiger partial charge is 0.497 e. The highest BCUT2D eigenvalue weighted by molar-refractivity contribution is 7.07. The summed E-state index contributed by atoms with van der Waals surface area (Å²) < 4.78 is 5.14. The lowest BCUT2D eigenvalue weighted by Crippen LogP contribution is -2.14. The average molecular weight is 366 g/mol. The molecule has 0 radical (unpaired) electrons. The number of anilines is 1. The molecule has 0 saturated heterocycles. The van der Waals surface area contributed by atoms with E-state index in [-0.39, 0.29) is 18.1 Å². The van der Waals surface area contributed by atoms with Crippen molar-refractivity contribution in [1.82, 2.24) is 4.98 Å². The minimum atomic E-state index is -0.107. The number of hydrogen-bond acceptors (Lipinski definition) is 5. The monoisotopic (exact) mass is 366 g/mol. The Labute approximate surface area is 155 Å². The van der Waals surface area contributed by atoms with Crippen molar-refractivity contribution in [2.75, 3.05) is 12.4 Å². The van der Waals surface area contributed by atoms with Crippen molar-refractivity contribution in [2.24, 2.45) is 0 Å². The Morgan fingerprint density at radius 2 is 1.81 bits per heavy atom. The van der Waals surface area contributed by atoms with Crippen LogP contribution in [-0.2, 0) is 17.6 Å². The zero-order valence-corrected chi connectivity index (χ0v) is 15.1. The van der Waals surface area contributed by atoms with Crippen LogP contribution in [0.25, 0.3) is 0 Å². The third-order valence-corrected chi connectivity index (χ3v) is 4.41. The predicted molar refractivity (Wildman–Crippen MR) is 102 cm³/mol. The number of methoxy groups -OCH3 is 1. The summed E-state index contributed by atoms with van der Waals surface area (Å²) in [6.07, 6.45) is 0.567. The molecule has 132 valence electrons. The number of benzene rings is 2. The first-order chi connectivity index (χ1) is 12.6. The molecule has 3 aromatic rings. The fourth-order valence-electron chi connectivity index (χ4n) is 2.49. The number of nitrogens with zero attached hydrogens (tertiary/aromatic N) is 1. The number of nitrogens with one attached hydrogen (secondary N) is 1. The molecule has 0 fully saturated rings. The molecule has 5 nitrogen and oxygen atoms in total. The molecule has 6 heteroatoms. The van der Waals surface area contributed by atoms with E-state index >= 15 is 0 Å². The number of carbonyl (C=O) groups is 2. The highest BCUT2D eigenvalue weighted by Gasteiger charge is 2.10. The fourth-order valence-corrected chi connectivity index (χ4v) is 3.05. The maximum atomic E-state index is 12.2. The summed E-state index contributed by atoms with van der Waals surface area (Å²) in [4.78, 5) is 28.3. The van der Waals surface area contributed by atoms with Crippen molar-refractivity contribution in [3.8, 4) is 5.75 Å². The van der Waals surface area contributed by atoms with Gasteiger partial charge in [0, 0.05) is 23.6 Å². The van der Waals surface area contributed by atoms with Gasteiger partial charge in [-0.25, -0.2) is 4.98 Å². The maximum Gasteiger partial charge on any atom is 0.228 e. The lowest BCUT2D eigenvalue weighted by atomic mass is 10.0. The molecule has 1 N–H and O–H groups in total. The van der Waals surface area contributed by atoms with Gasteiger partial charge in [0.1, 0.15) is 11.4 Å². The van der Waals surface area contributed by atoms with Crippen LogP contribution in [0.1, 0.15) is 21.6 Å². The van der Waals surface area contributed by atoms with Gasteiger partial charge in [0.2, 0.25) is 5.91 Å². The highest BCUT2D eigenvalue weighted by Crippen LogP contribution is 2.17. The molecule has 0 bridgehead atoms. The molecule has 2 aromatic carbocycles. The van der Waals surface area contributed by atoms with Crippen molar-refractivity contribution in [1.29, 1.82) is 0 Å². The molecule has 0 atom stereocenters. The summed E-state index contributed by atoms with van der Waals surface area (Å²) in [5, 5.41) is 4.60. The minimum Gasteiger partial charge on any atom is -0.497 e. The SMILES string of the molecule is COc1cccc(NC(=O)Cc2ccc(CC(=O)c3cscn3)cc2)c1. The van der Waals surface area contributed by atoms with Gasteiger partial charge >= 0.3 is 0 Å². The van der Waals surface area contributed by atoms with E-state index in [1.165, 1.54) is 11.3 Å². The molecular formula is C20H18N2O3S. The molecule has 0 aliphatic carbocycles. The second kappa shape index (κ2) is 8.40. The van der Waals surface area contributed by atoms with Crippen molar-refractivity contribution >= 4 is 28.7 Å². The zero-order valence-electron chi connectivity index (χ0n) is 14.3. The van der Waals surface area contributed by atoms with Gasteiger partial charge in [-0.15, -0.1) is 11.3 Å². The van der Waals surface area contributed by atoms with E-state index in [2.05, 4.69) is 10.3 Å². The Morgan fingerprint density at radius 3 is 2.46 bits per heavy atom. The Kier molecular flexibility index (Phi) is 5.76. The Bertz CT molecular complexity index is 890. The number of amides is 1. The first kappa shape index (κ1) is 17.8. The second-order valence-electron chi connectivity index (χ2n) is 5.75. The van der Waals surface area contributed by atoms with Crippen molar-refractivity contribution < 1.29 is 14.3 Å². The molecule has 0 saturated carbocycles. The lowest BCUT2D eigenvalue weighted by Gasteiger charge is -2.07. The first-order valence-corrected chi connectivity index (χ1v) is 9.01. The number of thiazole rings is 1. The predicted octanol–water partition coefficient (Wildman–Crippen LogP) is 3.76. The van der Waals surface area contributed by atoms with E-state index in [0.717, 1.165) is 11.1 Å². The van der Waals surface area contributed by atoms with Crippen molar-refractivity contribution in [3.63, 3.8) is 0 Å². The summed E-state index contributed by atoms with van der Waals surface area (Å²) in [5.41, 5.74) is 4.63. The quantitative estimate of drug-likeness (QED) is 0.647. The zero-order chi connectivity index (χ0) is 18.4. The van der Waals surface area contributed by atoms with E-state index in [4.69, 9.17) is 4.74 Å². The molecule has 0 aliphatic heterocycles. The summed E-state index contributed by atoms with van der Waals surface area (Å²) in [6, 6.07) is 14.7. The standard InChI is InChI=1S/C20H18N2O3S/c1-25-17-4-2-3-16(11-17)22-20(24)10-15-7-5-14(6-8-15)9-19(23)18-12-26-13-21-18/h2-8,11-13H,9-10H2,1H3,(H,22,24). The van der Waals surface area contributed by atoms with Crippen LogP contribution in [0.15, 0.2) is 59.4 Å². The summed E-state index contributed by atoms with van der Waals surface area (Å²) in [5.74, 6) is 0.580. The van der Waals surface area contributed by atoms with Crippen LogP contribution >= 0.6 is 11.3 Å². The Morgan fingerprint density at radius 1 is 1.08 bits per heavy atom. The summed E-state index contributed by atoms with van der Waals surface area (Å²) >= 11 is 1.41. The normalized spacial score (nSPS) is 10.3.